The van der Waals surface area contributed by atoms with Crippen LogP contribution in [0.5, 0.6) is 0 Å². The van der Waals surface area contributed by atoms with Crippen LogP contribution >= 0.6 is 0 Å². The first-order chi connectivity index (χ1) is 6.02. The van der Waals surface area contributed by atoms with Crippen molar-refractivity contribution >= 4 is 8.07 Å². The van der Waals surface area contributed by atoms with E-state index in [2.05, 4.69) is 50.7 Å². The number of rotatable bonds is 6. The van der Waals surface area contributed by atoms with E-state index in [0.29, 0.717) is 0 Å². The highest BCUT2D eigenvalue weighted by molar-refractivity contribution is 6.82. The third-order valence-electron chi connectivity index (χ3n) is 2.36. The van der Waals surface area contributed by atoms with Crippen LogP contribution in [0.3, 0.4) is 0 Å². The van der Waals surface area contributed by atoms with Gasteiger partial charge in [0.2, 0.25) is 0 Å². The topological polar surface area (TPSA) is 3.24 Å². The molecule has 13 heavy (non-hydrogen) atoms. The normalized spacial score (nSPS) is 13.1. The van der Waals surface area contributed by atoms with Crippen LogP contribution in [0.15, 0.2) is 11.8 Å². The lowest BCUT2D eigenvalue weighted by Gasteiger charge is -2.22. The van der Waals surface area contributed by atoms with Gasteiger partial charge in [0.15, 0.2) is 0 Å². The summed E-state index contributed by atoms with van der Waals surface area (Å²) in [6, 6.07) is 1.38. The van der Waals surface area contributed by atoms with Crippen LogP contribution in [-0.4, -0.2) is 33.1 Å². The number of allylic oxidation sites excluding steroid dienone is 1. The molecule has 0 radical (unpaired) electrons. The molecule has 0 aromatic carbocycles. The summed E-state index contributed by atoms with van der Waals surface area (Å²) < 4.78 is 0. The molecule has 0 bridgehead atoms. The van der Waals surface area contributed by atoms with Crippen molar-refractivity contribution in [3.05, 3.63) is 11.8 Å². The Morgan fingerprint density at radius 3 is 2.31 bits per heavy atom. The fourth-order valence-corrected chi connectivity index (χ4v) is 3.53. The molecule has 0 aromatic rings. The van der Waals surface area contributed by atoms with Gasteiger partial charge in [0.05, 0.1) is 8.07 Å². The minimum Gasteiger partial charge on any atom is -0.307 e. The lowest BCUT2D eigenvalue weighted by Crippen LogP contribution is -2.30. The minimum atomic E-state index is -1.02. The summed E-state index contributed by atoms with van der Waals surface area (Å²) in [5, 5.41) is 0. The molecule has 0 spiro atoms. The van der Waals surface area contributed by atoms with Crippen LogP contribution in [0.2, 0.25) is 19.1 Å². The van der Waals surface area contributed by atoms with Crippen molar-refractivity contribution in [2.24, 2.45) is 0 Å². The quantitative estimate of drug-likeness (QED) is 0.594. The molecule has 0 aromatic heterocycles. The molecular weight excluding hydrogens is 174 g/mol. The van der Waals surface area contributed by atoms with Gasteiger partial charge in [-0.05, 0) is 39.5 Å². The second-order valence-corrected chi connectivity index (χ2v) is 9.35. The molecule has 0 atom stereocenters. The Hall–Kier alpha value is -0.0831. The lowest BCUT2D eigenvalue weighted by atomic mass is 10.4. The van der Waals surface area contributed by atoms with Crippen LogP contribution in [0, 0.1) is 0 Å². The van der Waals surface area contributed by atoms with E-state index in [4.69, 9.17) is 0 Å². The Morgan fingerprint density at radius 1 is 1.23 bits per heavy atom. The molecule has 0 aliphatic heterocycles. The van der Waals surface area contributed by atoms with E-state index in [-0.39, 0.29) is 0 Å². The summed E-state index contributed by atoms with van der Waals surface area (Å²) in [4.78, 5) is 2.44. The van der Waals surface area contributed by atoms with Gasteiger partial charge >= 0.3 is 0 Å². The van der Waals surface area contributed by atoms with E-state index in [1.54, 1.807) is 0 Å². The van der Waals surface area contributed by atoms with Gasteiger partial charge in [-0.3, -0.25) is 0 Å². The maximum absolute atomic E-state index is 2.44. The van der Waals surface area contributed by atoms with Crippen molar-refractivity contribution in [1.29, 1.82) is 0 Å². The Kier molecular flexibility index (Phi) is 6.34. The first kappa shape index (κ1) is 12.9. The van der Waals surface area contributed by atoms with Gasteiger partial charge in [0.1, 0.15) is 0 Å². The third-order valence-corrected chi connectivity index (χ3v) is 5.11. The molecule has 0 rings (SSSR count). The largest absolute Gasteiger partial charge is 0.307 e. The monoisotopic (exact) mass is 199 g/mol. The lowest BCUT2D eigenvalue weighted by molar-refractivity contribution is 0.352. The summed E-state index contributed by atoms with van der Waals surface area (Å²) in [5.74, 6) is 0. The summed E-state index contributed by atoms with van der Waals surface area (Å²) in [6.45, 7) is 11.7. The van der Waals surface area contributed by atoms with E-state index >= 15 is 0 Å². The van der Waals surface area contributed by atoms with Crippen molar-refractivity contribution in [1.82, 2.24) is 4.90 Å². The highest BCUT2D eigenvalue weighted by atomic mass is 28.3. The summed E-state index contributed by atoms with van der Waals surface area (Å²) in [7, 11) is 1.21. The highest BCUT2D eigenvalue weighted by Gasteiger charge is 2.16. The standard InChI is InChI=1S/C11H25NSi/c1-6-8-12(3)9-11-13(4,5)10-7-2/h7,10H,6,8-9,11H2,1-5H3. The minimum absolute atomic E-state index is 1.02. The Morgan fingerprint density at radius 2 is 1.85 bits per heavy atom. The fraction of sp³-hybridized carbons (Fsp3) is 0.818. The summed E-state index contributed by atoms with van der Waals surface area (Å²) in [5.41, 5.74) is 2.44. The molecule has 0 aliphatic carbocycles. The second-order valence-electron chi connectivity index (χ2n) is 4.54. The number of hydrogen-bond donors (Lipinski definition) is 0. The van der Waals surface area contributed by atoms with Crippen molar-refractivity contribution in [2.45, 2.75) is 39.4 Å². The summed E-state index contributed by atoms with van der Waals surface area (Å²) >= 11 is 0. The highest BCUT2D eigenvalue weighted by Crippen LogP contribution is 2.11. The van der Waals surface area contributed by atoms with Crippen LogP contribution < -0.4 is 0 Å². The molecule has 0 saturated heterocycles. The van der Waals surface area contributed by atoms with E-state index in [9.17, 15) is 0 Å². The van der Waals surface area contributed by atoms with Crippen molar-refractivity contribution in [3.8, 4) is 0 Å². The predicted octanol–water partition coefficient (Wildman–Crippen LogP) is 3.15. The molecule has 0 unspecified atom stereocenters. The van der Waals surface area contributed by atoms with E-state index in [1.165, 1.54) is 25.6 Å². The second kappa shape index (κ2) is 6.38. The molecule has 0 amide bonds. The summed E-state index contributed by atoms with van der Waals surface area (Å²) in [6.07, 6.45) is 3.48. The molecule has 2 heteroatoms. The average Bonchev–Trinajstić information content (AvgIpc) is 2.02. The number of hydrogen-bond acceptors (Lipinski definition) is 1. The number of nitrogens with zero attached hydrogens (tertiary/aromatic N) is 1. The van der Waals surface area contributed by atoms with Crippen molar-refractivity contribution in [3.63, 3.8) is 0 Å². The van der Waals surface area contributed by atoms with E-state index < -0.39 is 8.07 Å². The Balaban J connectivity index is 3.73. The zero-order valence-corrected chi connectivity index (χ0v) is 10.9. The Bertz CT molecular complexity index is 152. The maximum atomic E-state index is 2.44. The van der Waals surface area contributed by atoms with Crippen molar-refractivity contribution in [2.75, 3.05) is 20.1 Å². The average molecular weight is 199 g/mol. The molecule has 0 N–H and O–H groups in total. The molecule has 0 aliphatic rings. The SMILES string of the molecule is CC=C[Si](C)(C)CCN(C)CCC. The van der Waals surface area contributed by atoms with Crippen molar-refractivity contribution < 1.29 is 0 Å². The van der Waals surface area contributed by atoms with Gasteiger partial charge in [-0.1, -0.05) is 31.8 Å². The first-order valence-corrected chi connectivity index (χ1v) is 8.62. The first-order valence-electron chi connectivity index (χ1n) is 5.34. The molecule has 0 heterocycles. The van der Waals surface area contributed by atoms with Crippen LogP contribution in [-0.2, 0) is 0 Å². The van der Waals surface area contributed by atoms with Gasteiger partial charge < -0.3 is 4.90 Å². The molecular formula is C11H25NSi. The molecule has 0 fully saturated rings. The molecule has 0 saturated carbocycles. The Labute approximate surface area is 84.8 Å². The predicted molar refractivity (Wildman–Crippen MR) is 64.9 cm³/mol. The fourth-order valence-electron chi connectivity index (χ4n) is 1.51. The van der Waals surface area contributed by atoms with Gasteiger partial charge in [0, 0.05) is 0 Å². The maximum Gasteiger partial charge on any atom is 0.0725 e. The molecule has 78 valence electrons. The van der Waals surface area contributed by atoms with Crippen LogP contribution in [0.1, 0.15) is 20.3 Å². The van der Waals surface area contributed by atoms with Gasteiger partial charge in [-0.2, -0.15) is 0 Å². The van der Waals surface area contributed by atoms with Crippen LogP contribution in [0.4, 0.5) is 0 Å². The van der Waals surface area contributed by atoms with Gasteiger partial charge in [-0.15, -0.1) is 0 Å². The van der Waals surface area contributed by atoms with Gasteiger partial charge in [-0.25, -0.2) is 0 Å². The zero-order chi connectivity index (χ0) is 10.3. The van der Waals surface area contributed by atoms with E-state index in [1.807, 2.05) is 0 Å². The third kappa shape index (κ3) is 7.02. The zero-order valence-electron chi connectivity index (χ0n) is 9.93. The van der Waals surface area contributed by atoms with E-state index in [0.717, 1.165) is 0 Å². The smallest absolute Gasteiger partial charge is 0.0725 e. The van der Waals surface area contributed by atoms with Crippen LogP contribution in [0.25, 0.3) is 0 Å². The molecule has 1 nitrogen and oxygen atoms in total. The van der Waals surface area contributed by atoms with Gasteiger partial charge in [0.25, 0.3) is 0 Å².